The first-order valence-electron chi connectivity index (χ1n) is 7.02. The minimum atomic E-state index is -0.297. The summed E-state index contributed by atoms with van der Waals surface area (Å²) in [5, 5.41) is 2.31. The molecule has 0 spiro atoms. The number of methoxy groups -OCH3 is 1. The molecule has 0 aromatic heterocycles. The summed E-state index contributed by atoms with van der Waals surface area (Å²) >= 11 is 0. The number of ether oxygens (including phenoxy) is 1. The van der Waals surface area contributed by atoms with E-state index in [1.54, 1.807) is 7.11 Å². The summed E-state index contributed by atoms with van der Waals surface area (Å²) < 4.78 is 5.40. The van der Waals surface area contributed by atoms with Gasteiger partial charge in [-0.2, -0.15) is 0 Å². The Morgan fingerprint density at radius 1 is 1.29 bits per heavy atom. The SMILES string of the molecule is CCC(N)C(c1ccccc1OC)N1CC(=O)NC(=O)C1. The van der Waals surface area contributed by atoms with E-state index in [9.17, 15) is 9.59 Å². The van der Waals surface area contributed by atoms with E-state index >= 15 is 0 Å². The van der Waals surface area contributed by atoms with Gasteiger partial charge in [0.05, 0.1) is 26.2 Å². The Bertz CT molecular complexity index is 517. The first-order chi connectivity index (χ1) is 10.1. The molecule has 114 valence electrons. The summed E-state index contributed by atoms with van der Waals surface area (Å²) in [4.78, 5) is 25.1. The second kappa shape index (κ2) is 6.69. The molecule has 0 aliphatic carbocycles. The third kappa shape index (κ3) is 3.40. The number of amides is 2. The van der Waals surface area contributed by atoms with Crippen molar-refractivity contribution in [1.82, 2.24) is 10.2 Å². The van der Waals surface area contributed by atoms with Crippen LogP contribution in [0.3, 0.4) is 0 Å². The number of carbonyl (C=O) groups excluding carboxylic acids is 2. The Morgan fingerprint density at radius 2 is 1.90 bits per heavy atom. The summed E-state index contributed by atoms with van der Waals surface area (Å²) in [5.41, 5.74) is 7.15. The molecule has 2 amide bonds. The molecule has 21 heavy (non-hydrogen) atoms. The minimum Gasteiger partial charge on any atom is -0.496 e. The maximum absolute atomic E-state index is 11.6. The Hall–Kier alpha value is -1.92. The second-order valence-electron chi connectivity index (χ2n) is 5.14. The highest BCUT2D eigenvalue weighted by atomic mass is 16.5. The van der Waals surface area contributed by atoms with Gasteiger partial charge >= 0.3 is 0 Å². The third-order valence-corrected chi connectivity index (χ3v) is 3.70. The molecular formula is C15H21N3O3. The Balaban J connectivity index is 2.38. The van der Waals surface area contributed by atoms with Gasteiger partial charge < -0.3 is 10.5 Å². The van der Waals surface area contributed by atoms with Gasteiger partial charge in [-0.3, -0.25) is 19.8 Å². The van der Waals surface area contributed by atoms with Crippen LogP contribution in [0.2, 0.25) is 0 Å². The number of para-hydroxylation sites is 1. The van der Waals surface area contributed by atoms with Gasteiger partial charge in [0, 0.05) is 11.6 Å². The summed E-state index contributed by atoms with van der Waals surface area (Å²) in [7, 11) is 1.60. The molecular weight excluding hydrogens is 270 g/mol. The highest BCUT2D eigenvalue weighted by Crippen LogP contribution is 2.32. The summed E-state index contributed by atoms with van der Waals surface area (Å²) in [6.45, 7) is 2.29. The van der Waals surface area contributed by atoms with Crippen LogP contribution in [0.1, 0.15) is 24.9 Å². The molecule has 1 aromatic carbocycles. The number of nitrogens with one attached hydrogen (secondary N) is 1. The van der Waals surface area contributed by atoms with Crippen LogP contribution in [0.15, 0.2) is 24.3 Å². The molecule has 1 aliphatic heterocycles. The van der Waals surface area contributed by atoms with Crippen molar-refractivity contribution in [2.75, 3.05) is 20.2 Å². The number of carbonyl (C=O) groups is 2. The molecule has 1 fully saturated rings. The van der Waals surface area contributed by atoms with E-state index in [4.69, 9.17) is 10.5 Å². The fraction of sp³-hybridized carbons (Fsp3) is 0.467. The van der Waals surface area contributed by atoms with E-state index in [-0.39, 0.29) is 37.0 Å². The first kappa shape index (κ1) is 15.5. The third-order valence-electron chi connectivity index (χ3n) is 3.70. The van der Waals surface area contributed by atoms with Gasteiger partial charge in [0.1, 0.15) is 5.75 Å². The maximum Gasteiger partial charge on any atom is 0.240 e. The van der Waals surface area contributed by atoms with Crippen LogP contribution in [0, 0.1) is 0 Å². The van der Waals surface area contributed by atoms with E-state index < -0.39 is 0 Å². The zero-order chi connectivity index (χ0) is 15.4. The number of benzene rings is 1. The normalized spacial score (nSPS) is 19.0. The molecule has 0 bridgehead atoms. The van der Waals surface area contributed by atoms with E-state index in [1.165, 1.54) is 0 Å². The molecule has 2 atom stereocenters. The largest absolute Gasteiger partial charge is 0.496 e. The highest BCUT2D eigenvalue weighted by molar-refractivity contribution is 5.99. The van der Waals surface area contributed by atoms with Gasteiger partial charge in [-0.15, -0.1) is 0 Å². The lowest BCUT2D eigenvalue weighted by atomic mass is 9.94. The van der Waals surface area contributed by atoms with Crippen molar-refractivity contribution in [1.29, 1.82) is 0 Å². The second-order valence-corrected chi connectivity index (χ2v) is 5.14. The summed E-state index contributed by atoms with van der Waals surface area (Å²) in [6.07, 6.45) is 0.731. The van der Waals surface area contributed by atoms with Crippen molar-refractivity contribution >= 4 is 11.8 Å². The van der Waals surface area contributed by atoms with Crippen LogP contribution in [-0.2, 0) is 9.59 Å². The van der Waals surface area contributed by atoms with Crippen molar-refractivity contribution in [3.05, 3.63) is 29.8 Å². The first-order valence-corrected chi connectivity index (χ1v) is 7.02. The van der Waals surface area contributed by atoms with E-state index in [2.05, 4.69) is 5.32 Å². The number of imide groups is 1. The molecule has 1 aromatic rings. The molecule has 3 N–H and O–H groups in total. The Kier molecular flexibility index (Phi) is 4.93. The fourth-order valence-corrected chi connectivity index (χ4v) is 2.69. The molecule has 2 rings (SSSR count). The topological polar surface area (TPSA) is 84.7 Å². The van der Waals surface area contributed by atoms with E-state index in [0.717, 1.165) is 12.0 Å². The lowest BCUT2D eigenvalue weighted by Crippen LogP contribution is -2.55. The number of hydrogen-bond donors (Lipinski definition) is 2. The van der Waals surface area contributed by atoms with Crippen molar-refractivity contribution in [3.8, 4) is 5.75 Å². The van der Waals surface area contributed by atoms with Gasteiger partial charge in [-0.25, -0.2) is 0 Å². The van der Waals surface area contributed by atoms with Crippen molar-refractivity contribution < 1.29 is 14.3 Å². The van der Waals surface area contributed by atoms with Crippen molar-refractivity contribution in [2.45, 2.75) is 25.4 Å². The zero-order valence-corrected chi connectivity index (χ0v) is 12.3. The number of hydrogen-bond acceptors (Lipinski definition) is 5. The molecule has 2 unspecified atom stereocenters. The number of piperazine rings is 1. The van der Waals surface area contributed by atoms with E-state index in [1.807, 2.05) is 36.1 Å². The van der Waals surface area contributed by atoms with Crippen LogP contribution in [-0.4, -0.2) is 43.0 Å². The van der Waals surface area contributed by atoms with Gasteiger partial charge in [0.2, 0.25) is 11.8 Å². The smallest absolute Gasteiger partial charge is 0.240 e. The maximum atomic E-state index is 11.6. The fourth-order valence-electron chi connectivity index (χ4n) is 2.69. The summed E-state index contributed by atoms with van der Waals surface area (Å²) in [5.74, 6) is 0.119. The van der Waals surface area contributed by atoms with E-state index in [0.29, 0.717) is 5.75 Å². The number of rotatable bonds is 5. The quantitative estimate of drug-likeness (QED) is 0.769. The zero-order valence-electron chi connectivity index (χ0n) is 12.3. The van der Waals surface area contributed by atoms with Crippen LogP contribution in [0.5, 0.6) is 5.75 Å². The predicted molar refractivity (Wildman–Crippen MR) is 78.7 cm³/mol. The van der Waals surface area contributed by atoms with Crippen LogP contribution in [0.25, 0.3) is 0 Å². The van der Waals surface area contributed by atoms with Gasteiger partial charge in [0.15, 0.2) is 0 Å². The molecule has 1 saturated heterocycles. The van der Waals surface area contributed by atoms with Crippen molar-refractivity contribution in [3.63, 3.8) is 0 Å². The number of nitrogens with zero attached hydrogens (tertiary/aromatic N) is 1. The van der Waals surface area contributed by atoms with Crippen LogP contribution >= 0.6 is 0 Å². The van der Waals surface area contributed by atoms with Crippen molar-refractivity contribution in [2.24, 2.45) is 5.73 Å². The molecule has 0 radical (unpaired) electrons. The van der Waals surface area contributed by atoms with Gasteiger partial charge in [-0.1, -0.05) is 25.1 Å². The van der Waals surface area contributed by atoms with Gasteiger partial charge in [-0.05, 0) is 12.5 Å². The molecule has 6 nitrogen and oxygen atoms in total. The minimum absolute atomic E-state index is 0.155. The monoisotopic (exact) mass is 291 g/mol. The van der Waals surface area contributed by atoms with Crippen LogP contribution in [0.4, 0.5) is 0 Å². The average molecular weight is 291 g/mol. The predicted octanol–water partition coefficient (Wildman–Crippen LogP) is 0.432. The van der Waals surface area contributed by atoms with Crippen LogP contribution < -0.4 is 15.8 Å². The van der Waals surface area contributed by atoms with Gasteiger partial charge in [0.25, 0.3) is 0 Å². The number of nitrogens with two attached hydrogens (primary N) is 1. The lowest BCUT2D eigenvalue weighted by Gasteiger charge is -2.37. The average Bonchev–Trinajstić information content (AvgIpc) is 2.46. The standard InChI is InChI=1S/C15H21N3O3/c1-3-11(16)15(10-6-4-5-7-12(10)21-2)18-8-13(19)17-14(20)9-18/h4-7,11,15H,3,8-9,16H2,1-2H3,(H,17,19,20). The highest BCUT2D eigenvalue weighted by Gasteiger charge is 2.33. The molecule has 1 aliphatic rings. The molecule has 0 saturated carbocycles. The summed E-state index contributed by atoms with van der Waals surface area (Å²) in [6, 6.07) is 7.14. The lowest BCUT2D eigenvalue weighted by molar-refractivity contribution is -0.137. The Labute approximate surface area is 124 Å². The molecule has 6 heteroatoms. The molecule has 1 heterocycles. The Morgan fingerprint density at radius 3 is 2.48 bits per heavy atom.